The van der Waals surface area contributed by atoms with Gasteiger partial charge in [-0.25, -0.2) is 9.37 Å². The van der Waals surface area contributed by atoms with Crippen LogP contribution in [0.25, 0.3) is 0 Å². The molecule has 18 heavy (non-hydrogen) atoms. The fourth-order valence-corrected chi connectivity index (χ4v) is 1.81. The first-order chi connectivity index (χ1) is 8.79. The second-order valence-electron chi connectivity index (χ2n) is 4.30. The maximum absolute atomic E-state index is 13.5. The summed E-state index contributed by atoms with van der Waals surface area (Å²) < 4.78 is 13.5. The van der Waals surface area contributed by atoms with Gasteiger partial charge in [0.2, 0.25) is 0 Å². The Balaban J connectivity index is 1.96. The molecule has 0 saturated heterocycles. The first-order valence-corrected chi connectivity index (χ1v) is 6.26. The van der Waals surface area contributed by atoms with Crippen molar-refractivity contribution < 1.29 is 4.39 Å². The molecule has 0 aliphatic rings. The van der Waals surface area contributed by atoms with Crippen LogP contribution in [0.4, 0.5) is 4.39 Å². The Labute approximate surface area is 106 Å². The van der Waals surface area contributed by atoms with Gasteiger partial charge in [-0.3, -0.25) is 0 Å². The van der Waals surface area contributed by atoms with E-state index in [1.807, 2.05) is 6.07 Å². The average molecular weight is 247 g/mol. The molecule has 0 unspecified atom stereocenters. The second kappa shape index (κ2) is 6.31. The van der Waals surface area contributed by atoms with Crippen LogP contribution in [0.3, 0.4) is 0 Å². The van der Waals surface area contributed by atoms with E-state index in [0.29, 0.717) is 12.0 Å². The number of aromatic nitrogens is 2. The maximum Gasteiger partial charge on any atom is 0.126 e. The van der Waals surface area contributed by atoms with E-state index in [4.69, 9.17) is 0 Å². The van der Waals surface area contributed by atoms with E-state index in [9.17, 15) is 4.39 Å². The molecule has 4 heteroatoms. The van der Waals surface area contributed by atoms with Crippen molar-refractivity contribution in [3.63, 3.8) is 0 Å². The predicted octanol–water partition coefficient (Wildman–Crippen LogP) is 2.64. The largest absolute Gasteiger partial charge is 0.345 e. The van der Waals surface area contributed by atoms with Crippen molar-refractivity contribution in [2.45, 2.75) is 26.3 Å². The number of H-pyrrole nitrogens is 1. The summed E-state index contributed by atoms with van der Waals surface area (Å²) in [4.78, 5) is 7.48. The predicted molar refractivity (Wildman–Crippen MR) is 69.8 cm³/mol. The number of benzene rings is 1. The van der Waals surface area contributed by atoms with Crippen LogP contribution in [0.1, 0.15) is 30.4 Å². The average Bonchev–Trinajstić information content (AvgIpc) is 2.80. The lowest BCUT2D eigenvalue weighted by Gasteiger charge is -2.01. The van der Waals surface area contributed by atoms with Gasteiger partial charge in [0.1, 0.15) is 11.6 Å². The molecule has 1 aromatic heterocycles. The summed E-state index contributed by atoms with van der Waals surface area (Å²) in [5.41, 5.74) is 1.70. The van der Waals surface area contributed by atoms with Gasteiger partial charge in [-0.2, -0.15) is 0 Å². The maximum atomic E-state index is 13.5. The number of hydrogen-bond donors (Lipinski definition) is 2. The lowest BCUT2D eigenvalue weighted by atomic mass is 10.1. The fraction of sp³-hybridized carbons (Fsp3) is 0.357. The van der Waals surface area contributed by atoms with Crippen LogP contribution < -0.4 is 5.32 Å². The number of nitrogens with zero attached hydrogens (tertiary/aromatic N) is 1. The third kappa shape index (κ3) is 3.40. The van der Waals surface area contributed by atoms with Crippen molar-refractivity contribution in [2.24, 2.45) is 0 Å². The van der Waals surface area contributed by atoms with Crippen molar-refractivity contribution in [3.8, 4) is 0 Å². The summed E-state index contributed by atoms with van der Waals surface area (Å²) in [6.07, 6.45) is 3.41. The minimum atomic E-state index is -0.181. The van der Waals surface area contributed by atoms with Crippen LogP contribution in [0, 0.1) is 5.82 Å². The summed E-state index contributed by atoms with van der Waals surface area (Å²) in [5, 5.41) is 3.29. The lowest BCUT2D eigenvalue weighted by molar-refractivity contribution is 0.612. The number of rotatable bonds is 6. The molecular weight excluding hydrogens is 229 g/mol. The summed E-state index contributed by atoms with van der Waals surface area (Å²) in [6, 6.07) is 6.79. The smallest absolute Gasteiger partial charge is 0.126 e. The second-order valence-corrected chi connectivity index (χ2v) is 4.30. The number of imidazole rings is 1. The SMILES string of the molecule is CCCNCc1cnc(Cc2ccccc2F)[nH]1. The molecule has 0 aliphatic carbocycles. The quantitative estimate of drug-likeness (QED) is 0.770. The minimum Gasteiger partial charge on any atom is -0.345 e. The Morgan fingerprint density at radius 1 is 1.33 bits per heavy atom. The molecule has 3 nitrogen and oxygen atoms in total. The zero-order valence-electron chi connectivity index (χ0n) is 10.5. The van der Waals surface area contributed by atoms with E-state index in [0.717, 1.165) is 31.0 Å². The van der Waals surface area contributed by atoms with Gasteiger partial charge in [0, 0.05) is 24.9 Å². The van der Waals surface area contributed by atoms with E-state index < -0.39 is 0 Å². The molecule has 2 N–H and O–H groups in total. The fourth-order valence-electron chi connectivity index (χ4n) is 1.81. The molecule has 0 saturated carbocycles. The van der Waals surface area contributed by atoms with Gasteiger partial charge in [-0.1, -0.05) is 25.1 Å². The van der Waals surface area contributed by atoms with Crippen LogP contribution in [0.5, 0.6) is 0 Å². The van der Waals surface area contributed by atoms with Crippen LogP contribution in [0.2, 0.25) is 0 Å². The molecule has 0 aliphatic heterocycles. The summed E-state index contributed by atoms with van der Waals surface area (Å²) >= 11 is 0. The number of nitrogens with one attached hydrogen (secondary N) is 2. The van der Waals surface area contributed by atoms with Crippen molar-refractivity contribution in [2.75, 3.05) is 6.54 Å². The Kier molecular flexibility index (Phi) is 4.47. The third-order valence-corrected chi connectivity index (χ3v) is 2.74. The molecule has 96 valence electrons. The summed E-state index contributed by atoms with van der Waals surface area (Å²) in [7, 11) is 0. The van der Waals surface area contributed by atoms with Crippen LogP contribution in [0.15, 0.2) is 30.5 Å². The van der Waals surface area contributed by atoms with Crippen molar-refractivity contribution in [1.82, 2.24) is 15.3 Å². The van der Waals surface area contributed by atoms with Gasteiger partial charge >= 0.3 is 0 Å². The zero-order valence-corrected chi connectivity index (χ0v) is 10.5. The van der Waals surface area contributed by atoms with E-state index in [1.165, 1.54) is 6.07 Å². The molecule has 0 fully saturated rings. The highest BCUT2D eigenvalue weighted by Crippen LogP contribution is 2.11. The zero-order chi connectivity index (χ0) is 12.8. The van der Waals surface area contributed by atoms with E-state index in [1.54, 1.807) is 18.3 Å². The van der Waals surface area contributed by atoms with Gasteiger partial charge in [0.15, 0.2) is 0 Å². The first kappa shape index (κ1) is 12.8. The van der Waals surface area contributed by atoms with Crippen molar-refractivity contribution >= 4 is 0 Å². The number of aromatic amines is 1. The Bertz CT molecular complexity index is 493. The molecule has 0 radical (unpaired) electrons. The van der Waals surface area contributed by atoms with E-state index in [-0.39, 0.29) is 5.82 Å². The standard InChI is InChI=1S/C14H18FN3/c1-2-7-16-9-12-10-17-14(18-12)8-11-5-3-4-6-13(11)15/h3-6,10,16H,2,7-9H2,1H3,(H,17,18). The van der Waals surface area contributed by atoms with Crippen LogP contribution in [-0.4, -0.2) is 16.5 Å². The number of halogens is 1. The van der Waals surface area contributed by atoms with Crippen LogP contribution in [-0.2, 0) is 13.0 Å². The molecule has 2 rings (SSSR count). The van der Waals surface area contributed by atoms with Crippen molar-refractivity contribution in [1.29, 1.82) is 0 Å². The molecule has 1 aromatic carbocycles. The molecule has 0 bridgehead atoms. The Morgan fingerprint density at radius 2 is 2.17 bits per heavy atom. The molecule has 1 heterocycles. The number of hydrogen-bond acceptors (Lipinski definition) is 2. The molecule has 0 spiro atoms. The third-order valence-electron chi connectivity index (χ3n) is 2.74. The lowest BCUT2D eigenvalue weighted by Crippen LogP contribution is -2.13. The highest BCUT2D eigenvalue weighted by atomic mass is 19.1. The Hall–Kier alpha value is -1.68. The van der Waals surface area contributed by atoms with Gasteiger partial charge in [0.25, 0.3) is 0 Å². The Morgan fingerprint density at radius 3 is 2.94 bits per heavy atom. The minimum absolute atomic E-state index is 0.181. The topological polar surface area (TPSA) is 40.7 Å². The van der Waals surface area contributed by atoms with Gasteiger partial charge in [-0.05, 0) is 24.6 Å². The van der Waals surface area contributed by atoms with Gasteiger partial charge in [-0.15, -0.1) is 0 Å². The highest BCUT2D eigenvalue weighted by molar-refractivity contribution is 5.21. The van der Waals surface area contributed by atoms with E-state index >= 15 is 0 Å². The molecular formula is C14H18FN3. The molecule has 2 aromatic rings. The van der Waals surface area contributed by atoms with Gasteiger partial charge < -0.3 is 10.3 Å². The normalized spacial score (nSPS) is 10.8. The van der Waals surface area contributed by atoms with Crippen LogP contribution >= 0.6 is 0 Å². The highest BCUT2D eigenvalue weighted by Gasteiger charge is 2.05. The summed E-state index contributed by atoms with van der Waals surface area (Å²) in [5.74, 6) is 0.618. The first-order valence-electron chi connectivity index (χ1n) is 6.26. The van der Waals surface area contributed by atoms with E-state index in [2.05, 4.69) is 22.2 Å². The molecule has 0 amide bonds. The molecule has 0 atom stereocenters. The van der Waals surface area contributed by atoms with Gasteiger partial charge in [0.05, 0.1) is 0 Å². The summed E-state index contributed by atoms with van der Waals surface area (Å²) in [6.45, 7) is 3.89. The monoisotopic (exact) mass is 247 g/mol. The van der Waals surface area contributed by atoms with Crippen molar-refractivity contribution in [3.05, 3.63) is 53.4 Å².